The number of nitrogens with two attached hydrogens (primary N) is 2. The minimum atomic E-state index is -1.08. The second-order valence-electron chi connectivity index (χ2n) is 5.81. The molecule has 0 radical (unpaired) electrons. The minimum absolute atomic E-state index is 0.0795. The third-order valence-electron chi connectivity index (χ3n) is 3.64. The molecule has 1 atom stereocenters. The summed E-state index contributed by atoms with van der Waals surface area (Å²) in [5, 5.41) is 11.7. The Bertz CT molecular complexity index is 928. The Kier molecular flexibility index (Phi) is 7.52. The predicted octanol–water partition coefficient (Wildman–Crippen LogP) is 1.40. The number of imide groups is 1. The van der Waals surface area contributed by atoms with Crippen LogP contribution in [0.4, 0.5) is 10.5 Å². The van der Waals surface area contributed by atoms with Crippen LogP contribution < -0.4 is 27.6 Å². The molecule has 152 valence electrons. The van der Waals surface area contributed by atoms with Crippen LogP contribution in [0.25, 0.3) is 0 Å². The zero-order valence-electron chi connectivity index (χ0n) is 15.1. The van der Waals surface area contributed by atoms with Gasteiger partial charge in [-0.1, -0.05) is 35.9 Å². The fraction of sp³-hybridized carbons (Fsp3) is 0.111. The first kappa shape index (κ1) is 21.7. The third-order valence-corrected chi connectivity index (χ3v) is 3.89. The lowest BCUT2D eigenvalue weighted by Crippen LogP contribution is -2.48. The first-order chi connectivity index (χ1) is 13.8. The van der Waals surface area contributed by atoms with Crippen molar-refractivity contribution in [1.82, 2.24) is 16.2 Å². The van der Waals surface area contributed by atoms with Gasteiger partial charge in [0.1, 0.15) is 0 Å². The molecule has 0 saturated heterocycles. The molecule has 0 aliphatic heterocycles. The first-order valence-electron chi connectivity index (χ1n) is 8.29. The number of carbonyl (C=O) groups is 3. The Morgan fingerprint density at radius 3 is 2.34 bits per heavy atom. The normalized spacial score (nSPS) is 11.2. The number of para-hydroxylation sites is 1. The molecule has 0 aromatic heterocycles. The van der Waals surface area contributed by atoms with Gasteiger partial charge in [-0.05, 0) is 29.8 Å². The highest BCUT2D eigenvalue weighted by Gasteiger charge is 2.18. The molecule has 0 fully saturated rings. The monoisotopic (exact) mass is 418 g/mol. The summed E-state index contributed by atoms with van der Waals surface area (Å²) < 4.78 is 0. The van der Waals surface area contributed by atoms with E-state index in [0.29, 0.717) is 10.6 Å². The third kappa shape index (κ3) is 6.79. The zero-order valence-corrected chi connectivity index (χ0v) is 15.8. The standard InChI is InChI=1S/C18H19ClN6O4/c19-11-7-5-10(6-8-11)14(9-15(26)27)24-25-18(29)23-16(28)12-3-1-2-4-13(12)22-17(20)21/h1-8,14,24H,9H2,(H,26,27)(H4,20,21,22)(H2,23,25,28,29). The number of carboxylic acid groups (broad SMARTS) is 1. The quantitative estimate of drug-likeness (QED) is 0.224. The summed E-state index contributed by atoms with van der Waals surface area (Å²) in [6.45, 7) is 0. The van der Waals surface area contributed by atoms with Crippen molar-refractivity contribution < 1.29 is 19.5 Å². The molecular formula is C18H19ClN6O4. The summed E-state index contributed by atoms with van der Waals surface area (Å²) in [6, 6.07) is 11.0. The van der Waals surface area contributed by atoms with Gasteiger partial charge in [-0.15, -0.1) is 0 Å². The smallest absolute Gasteiger partial charge is 0.336 e. The fourth-order valence-electron chi connectivity index (χ4n) is 2.38. The maximum Gasteiger partial charge on any atom is 0.336 e. The maximum atomic E-state index is 12.3. The molecule has 11 heteroatoms. The van der Waals surface area contributed by atoms with Crippen LogP contribution in [0.1, 0.15) is 28.4 Å². The molecule has 29 heavy (non-hydrogen) atoms. The molecule has 0 aliphatic carbocycles. The van der Waals surface area contributed by atoms with Crippen molar-refractivity contribution in [1.29, 1.82) is 0 Å². The fourth-order valence-corrected chi connectivity index (χ4v) is 2.50. The lowest BCUT2D eigenvalue weighted by molar-refractivity contribution is -0.137. The number of rotatable bonds is 7. The van der Waals surface area contributed by atoms with Crippen LogP contribution in [0.2, 0.25) is 5.02 Å². The van der Waals surface area contributed by atoms with E-state index in [2.05, 4.69) is 21.2 Å². The number of nitrogens with zero attached hydrogens (tertiary/aromatic N) is 1. The van der Waals surface area contributed by atoms with Gasteiger partial charge in [-0.3, -0.25) is 20.3 Å². The molecule has 0 spiro atoms. The SMILES string of the molecule is NC(N)=Nc1ccccc1C(=O)NC(=O)NNC(CC(=O)O)c1ccc(Cl)cc1. The summed E-state index contributed by atoms with van der Waals surface area (Å²) in [7, 11) is 0. The van der Waals surface area contributed by atoms with E-state index >= 15 is 0 Å². The molecule has 10 nitrogen and oxygen atoms in total. The number of hydrogen-bond acceptors (Lipinski definition) is 5. The number of urea groups is 1. The Hall–Kier alpha value is -3.63. The second-order valence-corrected chi connectivity index (χ2v) is 6.24. The van der Waals surface area contributed by atoms with Gasteiger partial charge < -0.3 is 16.6 Å². The van der Waals surface area contributed by atoms with Gasteiger partial charge >= 0.3 is 12.0 Å². The van der Waals surface area contributed by atoms with Gasteiger partial charge in [0.15, 0.2) is 5.96 Å². The summed E-state index contributed by atoms with van der Waals surface area (Å²) in [4.78, 5) is 39.3. The van der Waals surface area contributed by atoms with Crippen LogP contribution in [-0.4, -0.2) is 29.0 Å². The lowest BCUT2D eigenvalue weighted by atomic mass is 10.0. The summed E-state index contributed by atoms with van der Waals surface area (Å²) in [5.41, 5.74) is 16.4. The molecule has 3 amide bonds. The minimum Gasteiger partial charge on any atom is -0.481 e. The van der Waals surface area contributed by atoms with Crippen LogP contribution in [0, 0.1) is 0 Å². The molecule has 0 saturated carbocycles. The van der Waals surface area contributed by atoms with E-state index in [1.807, 2.05) is 0 Å². The average molecular weight is 419 g/mol. The highest BCUT2D eigenvalue weighted by molar-refractivity contribution is 6.30. The van der Waals surface area contributed by atoms with Crippen molar-refractivity contribution in [3.8, 4) is 0 Å². The number of guanidine groups is 1. The number of amides is 3. The number of hydrogen-bond donors (Lipinski definition) is 6. The van der Waals surface area contributed by atoms with Crippen molar-refractivity contribution in [2.45, 2.75) is 12.5 Å². The van der Waals surface area contributed by atoms with Crippen LogP contribution in [0.15, 0.2) is 53.5 Å². The van der Waals surface area contributed by atoms with E-state index in [1.165, 1.54) is 12.1 Å². The first-order valence-corrected chi connectivity index (χ1v) is 8.67. The van der Waals surface area contributed by atoms with E-state index in [9.17, 15) is 14.4 Å². The number of aliphatic carboxylic acids is 1. The summed E-state index contributed by atoms with van der Waals surface area (Å²) in [5.74, 6) is -2.07. The molecule has 2 rings (SSSR count). The van der Waals surface area contributed by atoms with Crippen molar-refractivity contribution >= 4 is 41.2 Å². The Morgan fingerprint density at radius 1 is 1.07 bits per heavy atom. The van der Waals surface area contributed by atoms with Gasteiger partial charge in [0, 0.05) is 5.02 Å². The van der Waals surface area contributed by atoms with Crippen LogP contribution in [0.3, 0.4) is 0 Å². The molecule has 0 bridgehead atoms. The van der Waals surface area contributed by atoms with Gasteiger partial charge in [-0.25, -0.2) is 15.2 Å². The maximum absolute atomic E-state index is 12.3. The number of carbonyl (C=O) groups excluding carboxylic acids is 2. The predicted molar refractivity (Wildman–Crippen MR) is 107 cm³/mol. The van der Waals surface area contributed by atoms with Gasteiger partial charge in [0.2, 0.25) is 0 Å². The van der Waals surface area contributed by atoms with Crippen LogP contribution in [0.5, 0.6) is 0 Å². The van der Waals surface area contributed by atoms with E-state index < -0.39 is 23.9 Å². The van der Waals surface area contributed by atoms with Gasteiger partial charge in [0.05, 0.1) is 23.7 Å². The van der Waals surface area contributed by atoms with E-state index in [4.69, 9.17) is 28.2 Å². The molecule has 0 aliphatic rings. The number of hydrazine groups is 1. The molecule has 2 aromatic rings. The van der Waals surface area contributed by atoms with Crippen molar-refractivity contribution in [2.75, 3.05) is 0 Å². The molecule has 2 aromatic carbocycles. The molecule has 0 heterocycles. The lowest BCUT2D eigenvalue weighted by Gasteiger charge is -2.18. The molecular weight excluding hydrogens is 400 g/mol. The van der Waals surface area contributed by atoms with Gasteiger partial charge in [0.25, 0.3) is 5.91 Å². The molecule has 8 N–H and O–H groups in total. The van der Waals surface area contributed by atoms with Crippen molar-refractivity contribution in [3.63, 3.8) is 0 Å². The largest absolute Gasteiger partial charge is 0.481 e. The van der Waals surface area contributed by atoms with Crippen LogP contribution >= 0.6 is 11.6 Å². The highest BCUT2D eigenvalue weighted by Crippen LogP contribution is 2.19. The van der Waals surface area contributed by atoms with Crippen LogP contribution in [-0.2, 0) is 4.79 Å². The summed E-state index contributed by atoms with van der Waals surface area (Å²) >= 11 is 5.83. The van der Waals surface area contributed by atoms with E-state index in [0.717, 1.165) is 0 Å². The number of benzene rings is 2. The Morgan fingerprint density at radius 2 is 1.72 bits per heavy atom. The number of carboxylic acids is 1. The second kappa shape index (κ2) is 10.1. The van der Waals surface area contributed by atoms with E-state index in [-0.39, 0.29) is 23.6 Å². The number of halogens is 1. The van der Waals surface area contributed by atoms with Crippen molar-refractivity contribution in [3.05, 3.63) is 64.7 Å². The van der Waals surface area contributed by atoms with E-state index in [1.54, 1.807) is 36.4 Å². The zero-order chi connectivity index (χ0) is 21.4. The average Bonchev–Trinajstić information content (AvgIpc) is 2.65. The number of aliphatic imine (C=N–C) groups is 1. The van der Waals surface area contributed by atoms with Gasteiger partial charge in [-0.2, -0.15) is 0 Å². The topological polar surface area (TPSA) is 172 Å². The Balaban J connectivity index is 2.04. The highest BCUT2D eigenvalue weighted by atomic mass is 35.5. The van der Waals surface area contributed by atoms with Crippen molar-refractivity contribution in [2.24, 2.45) is 16.5 Å². The summed E-state index contributed by atoms with van der Waals surface area (Å²) in [6.07, 6.45) is -0.316. The number of nitrogens with one attached hydrogen (secondary N) is 3. The Labute approximate surface area is 170 Å². The molecule has 1 unspecified atom stereocenters.